The van der Waals surface area contributed by atoms with Crippen LogP contribution in [0.2, 0.25) is 5.02 Å². The van der Waals surface area contributed by atoms with E-state index in [9.17, 15) is 9.18 Å². The quantitative estimate of drug-likeness (QED) is 0.791. The number of rotatable bonds is 2. The van der Waals surface area contributed by atoms with Gasteiger partial charge in [0.05, 0.1) is 5.02 Å². The van der Waals surface area contributed by atoms with Crippen LogP contribution in [0.3, 0.4) is 0 Å². The van der Waals surface area contributed by atoms with E-state index in [1.165, 1.54) is 30.5 Å². The number of nitrogens with zero attached hydrogens (tertiary/aromatic N) is 1. The second kappa shape index (κ2) is 4.32. The first kappa shape index (κ1) is 10.6. The Balaban J connectivity index is 2.13. The first-order chi connectivity index (χ1) is 7.65. The van der Waals surface area contributed by atoms with Gasteiger partial charge in [-0.1, -0.05) is 17.7 Å². The lowest BCUT2D eigenvalue weighted by Crippen LogP contribution is -2.13. The van der Waals surface area contributed by atoms with Crippen molar-refractivity contribution in [3.63, 3.8) is 0 Å². The topological polar surface area (TPSA) is 57.8 Å². The van der Waals surface area contributed by atoms with Gasteiger partial charge in [0, 0.05) is 6.20 Å². The third-order valence-corrected chi connectivity index (χ3v) is 2.07. The van der Waals surface area contributed by atoms with Gasteiger partial charge in [0.1, 0.15) is 11.5 Å². The SMILES string of the molecule is O=C(Nc1cccc(F)n1)c1cc(Cl)c[nH]1. The van der Waals surface area contributed by atoms with Gasteiger partial charge in [0.2, 0.25) is 5.95 Å². The highest BCUT2D eigenvalue weighted by Gasteiger charge is 2.09. The fraction of sp³-hybridized carbons (Fsp3) is 0. The molecule has 0 aliphatic carbocycles. The third-order valence-electron chi connectivity index (χ3n) is 1.85. The van der Waals surface area contributed by atoms with Crippen LogP contribution in [0.5, 0.6) is 0 Å². The molecule has 0 radical (unpaired) electrons. The van der Waals surface area contributed by atoms with Crippen LogP contribution in [-0.2, 0) is 0 Å². The number of aromatic amines is 1. The molecule has 2 aromatic heterocycles. The van der Waals surface area contributed by atoms with E-state index in [4.69, 9.17) is 11.6 Å². The molecule has 0 aliphatic rings. The first-order valence-corrected chi connectivity index (χ1v) is 4.81. The molecule has 0 atom stereocenters. The van der Waals surface area contributed by atoms with Gasteiger partial charge in [0.25, 0.3) is 5.91 Å². The van der Waals surface area contributed by atoms with Gasteiger partial charge < -0.3 is 10.3 Å². The highest BCUT2D eigenvalue weighted by atomic mass is 35.5. The summed E-state index contributed by atoms with van der Waals surface area (Å²) in [6, 6.07) is 5.61. The summed E-state index contributed by atoms with van der Waals surface area (Å²) in [6.07, 6.45) is 1.48. The third kappa shape index (κ3) is 2.38. The summed E-state index contributed by atoms with van der Waals surface area (Å²) in [5.74, 6) is -0.928. The predicted molar refractivity (Wildman–Crippen MR) is 58.0 cm³/mol. The van der Waals surface area contributed by atoms with Crippen LogP contribution in [0, 0.1) is 5.95 Å². The molecule has 0 saturated heterocycles. The van der Waals surface area contributed by atoms with E-state index < -0.39 is 11.9 Å². The van der Waals surface area contributed by atoms with Crippen molar-refractivity contribution in [3.05, 3.63) is 47.1 Å². The Hall–Kier alpha value is -1.88. The molecule has 2 rings (SSSR count). The number of anilines is 1. The molecule has 0 bridgehead atoms. The van der Waals surface area contributed by atoms with Gasteiger partial charge in [-0.2, -0.15) is 4.39 Å². The fourth-order valence-electron chi connectivity index (χ4n) is 1.16. The van der Waals surface area contributed by atoms with Crippen LogP contribution in [-0.4, -0.2) is 15.9 Å². The molecule has 82 valence electrons. The Bertz CT molecular complexity index is 526. The van der Waals surface area contributed by atoms with Gasteiger partial charge >= 0.3 is 0 Å². The normalized spacial score (nSPS) is 10.1. The molecule has 0 spiro atoms. The number of halogens is 2. The first-order valence-electron chi connectivity index (χ1n) is 4.43. The number of hydrogen-bond acceptors (Lipinski definition) is 2. The average Bonchev–Trinajstić information content (AvgIpc) is 2.65. The fourth-order valence-corrected chi connectivity index (χ4v) is 1.32. The minimum Gasteiger partial charge on any atom is -0.356 e. The Labute approximate surface area is 95.5 Å². The van der Waals surface area contributed by atoms with E-state index in [-0.39, 0.29) is 11.5 Å². The molecule has 2 heterocycles. The predicted octanol–water partition coefficient (Wildman–Crippen LogP) is 2.45. The van der Waals surface area contributed by atoms with Crippen molar-refractivity contribution < 1.29 is 9.18 Å². The minimum absolute atomic E-state index is 0.149. The molecule has 0 saturated carbocycles. The van der Waals surface area contributed by atoms with E-state index in [0.29, 0.717) is 5.02 Å². The van der Waals surface area contributed by atoms with Crippen LogP contribution in [0.4, 0.5) is 10.2 Å². The number of carbonyl (C=O) groups excluding carboxylic acids is 1. The molecule has 6 heteroatoms. The largest absolute Gasteiger partial charge is 0.356 e. The van der Waals surface area contributed by atoms with Crippen molar-refractivity contribution >= 4 is 23.3 Å². The number of H-pyrrole nitrogens is 1. The minimum atomic E-state index is -0.651. The Morgan fingerprint density at radius 3 is 2.94 bits per heavy atom. The number of aromatic nitrogens is 2. The Morgan fingerprint density at radius 1 is 1.50 bits per heavy atom. The van der Waals surface area contributed by atoms with E-state index in [1.54, 1.807) is 0 Å². The average molecular weight is 240 g/mol. The maximum Gasteiger partial charge on any atom is 0.273 e. The summed E-state index contributed by atoms with van der Waals surface area (Å²) in [5.41, 5.74) is 0.288. The van der Waals surface area contributed by atoms with Gasteiger partial charge in [-0.05, 0) is 18.2 Å². The second-order valence-electron chi connectivity index (χ2n) is 3.03. The van der Waals surface area contributed by atoms with E-state index >= 15 is 0 Å². The number of nitrogens with one attached hydrogen (secondary N) is 2. The molecular formula is C10H7ClFN3O. The van der Waals surface area contributed by atoms with E-state index in [2.05, 4.69) is 15.3 Å². The van der Waals surface area contributed by atoms with Crippen molar-refractivity contribution in [2.75, 3.05) is 5.32 Å². The summed E-state index contributed by atoms with van der Waals surface area (Å²) >= 11 is 5.65. The van der Waals surface area contributed by atoms with E-state index in [0.717, 1.165) is 0 Å². The summed E-state index contributed by atoms with van der Waals surface area (Å²) in [7, 11) is 0. The summed E-state index contributed by atoms with van der Waals surface area (Å²) in [4.78, 5) is 17.7. The molecule has 4 nitrogen and oxygen atoms in total. The maximum atomic E-state index is 12.7. The number of carbonyl (C=O) groups is 1. The standard InChI is InChI=1S/C10H7ClFN3O/c11-6-4-7(13-5-6)10(16)15-9-3-1-2-8(12)14-9/h1-5,13H,(H,14,15,16). The highest BCUT2D eigenvalue weighted by molar-refractivity contribution is 6.31. The van der Waals surface area contributed by atoms with Crippen LogP contribution in [0.15, 0.2) is 30.5 Å². The van der Waals surface area contributed by atoms with Crippen molar-refractivity contribution in [1.29, 1.82) is 0 Å². The highest BCUT2D eigenvalue weighted by Crippen LogP contribution is 2.11. The smallest absolute Gasteiger partial charge is 0.273 e. The second-order valence-corrected chi connectivity index (χ2v) is 3.47. The molecule has 1 amide bonds. The van der Waals surface area contributed by atoms with Crippen LogP contribution < -0.4 is 5.32 Å². The summed E-state index contributed by atoms with van der Waals surface area (Å²) < 4.78 is 12.7. The van der Waals surface area contributed by atoms with Crippen molar-refractivity contribution in [2.45, 2.75) is 0 Å². The van der Waals surface area contributed by atoms with Crippen molar-refractivity contribution in [3.8, 4) is 0 Å². The molecule has 2 aromatic rings. The lowest BCUT2D eigenvalue weighted by Gasteiger charge is -2.01. The maximum absolute atomic E-state index is 12.7. The van der Waals surface area contributed by atoms with Crippen molar-refractivity contribution in [2.24, 2.45) is 0 Å². The van der Waals surface area contributed by atoms with Gasteiger partial charge in [-0.15, -0.1) is 0 Å². The van der Waals surface area contributed by atoms with E-state index in [1.807, 2.05) is 0 Å². The summed E-state index contributed by atoms with van der Waals surface area (Å²) in [5, 5.41) is 2.86. The van der Waals surface area contributed by atoms with Crippen molar-refractivity contribution in [1.82, 2.24) is 9.97 Å². The molecule has 16 heavy (non-hydrogen) atoms. The Kier molecular flexibility index (Phi) is 2.87. The number of hydrogen-bond donors (Lipinski definition) is 2. The molecule has 0 unspecified atom stereocenters. The summed E-state index contributed by atoms with van der Waals surface area (Å²) in [6.45, 7) is 0. The van der Waals surface area contributed by atoms with Crippen LogP contribution in [0.1, 0.15) is 10.5 Å². The van der Waals surface area contributed by atoms with Crippen LogP contribution in [0.25, 0.3) is 0 Å². The molecular weight excluding hydrogens is 233 g/mol. The van der Waals surface area contributed by atoms with Gasteiger partial charge in [0.15, 0.2) is 0 Å². The molecule has 0 fully saturated rings. The zero-order valence-corrected chi connectivity index (χ0v) is 8.75. The lowest BCUT2D eigenvalue weighted by molar-refractivity contribution is 0.102. The molecule has 2 N–H and O–H groups in total. The van der Waals surface area contributed by atoms with Gasteiger partial charge in [-0.3, -0.25) is 4.79 Å². The lowest BCUT2D eigenvalue weighted by atomic mass is 10.4. The number of amides is 1. The number of pyridine rings is 1. The molecule has 0 aliphatic heterocycles. The zero-order chi connectivity index (χ0) is 11.5. The van der Waals surface area contributed by atoms with Gasteiger partial charge in [-0.25, -0.2) is 4.98 Å². The Morgan fingerprint density at radius 2 is 2.31 bits per heavy atom. The van der Waals surface area contributed by atoms with Crippen LogP contribution >= 0.6 is 11.6 Å². The monoisotopic (exact) mass is 239 g/mol. The molecule has 0 aromatic carbocycles. The zero-order valence-electron chi connectivity index (χ0n) is 8.00.